The minimum Gasteiger partial charge on any atom is -0.460 e. The second kappa shape index (κ2) is 3.96. The monoisotopic (exact) mass is 290 g/mol. The van der Waals surface area contributed by atoms with Crippen molar-refractivity contribution in [1.29, 1.82) is 0 Å². The Kier molecular flexibility index (Phi) is 2.41. The molecular weight excluding hydrogens is 276 g/mol. The van der Waals surface area contributed by atoms with Crippen LogP contribution in [-0.4, -0.2) is 14.2 Å². The molecule has 1 aliphatic carbocycles. The van der Waals surface area contributed by atoms with Gasteiger partial charge in [0, 0.05) is 18.2 Å². The van der Waals surface area contributed by atoms with Crippen molar-refractivity contribution in [3.63, 3.8) is 0 Å². The van der Waals surface area contributed by atoms with E-state index in [9.17, 15) is 8.42 Å². The first-order chi connectivity index (χ1) is 9.60. The quantitative estimate of drug-likeness (QED) is 0.699. The van der Waals surface area contributed by atoms with Crippen molar-refractivity contribution in [3.8, 4) is 5.75 Å². The first kappa shape index (κ1) is 12.2. The lowest BCUT2D eigenvalue weighted by Crippen LogP contribution is -2.42. The second-order valence-corrected chi connectivity index (χ2v) is 6.85. The molecule has 1 saturated carbocycles. The van der Waals surface area contributed by atoms with E-state index in [1.165, 1.54) is 0 Å². The zero-order valence-corrected chi connectivity index (χ0v) is 11.7. The zero-order chi connectivity index (χ0) is 13.8. The van der Waals surface area contributed by atoms with Crippen molar-refractivity contribution in [2.75, 3.05) is 0 Å². The molecule has 5 heteroatoms. The third-order valence-electron chi connectivity index (χ3n) is 4.02. The molecule has 0 aromatic heterocycles. The van der Waals surface area contributed by atoms with E-state index in [0.29, 0.717) is 24.0 Å². The van der Waals surface area contributed by atoms with Crippen LogP contribution in [0.2, 0.25) is 0 Å². The van der Waals surface area contributed by atoms with Crippen LogP contribution in [0.1, 0.15) is 25.7 Å². The molecule has 0 radical (unpaired) electrons. The summed E-state index contributed by atoms with van der Waals surface area (Å²) >= 11 is 0. The molecule has 104 valence electrons. The molecule has 1 aliphatic heterocycles. The van der Waals surface area contributed by atoms with Gasteiger partial charge in [-0.2, -0.15) is 8.42 Å². The van der Waals surface area contributed by atoms with Gasteiger partial charge in [-0.25, -0.2) is 4.18 Å². The van der Waals surface area contributed by atoms with Crippen molar-refractivity contribution < 1.29 is 17.3 Å². The minimum absolute atomic E-state index is 0.160. The van der Waals surface area contributed by atoms with Crippen LogP contribution in [0.3, 0.4) is 0 Å². The molecule has 20 heavy (non-hydrogen) atoms. The van der Waals surface area contributed by atoms with Gasteiger partial charge in [-0.15, -0.1) is 0 Å². The topological polar surface area (TPSA) is 52.6 Å². The lowest BCUT2D eigenvalue weighted by Gasteiger charge is -2.34. The molecule has 0 atom stereocenters. The molecule has 0 unspecified atom stereocenters. The number of ether oxygens (including phenoxy) is 1. The predicted molar refractivity (Wildman–Crippen MR) is 74.0 cm³/mol. The average Bonchev–Trinajstić information content (AvgIpc) is 2.84. The van der Waals surface area contributed by atoms with Gasteiger partial charge in [0.25, 0.3) is 0 Å². The van der Waals surface area contributed by atoms with Gasteiger partial charge < -0.3 is 4.74 Å². The summed E-state index contributed by atoms with van der Waals surface area (Å²) in [7, 11) is -3.79. The van der Waals surface area contributed by atoms with Crippen molar-refractivity contribution in [2.24, 2.45) is 0 Å². The number of fused-ring (bicyclic) bond motifs is 3. The lowest BCUT2D eigenvalue weighted by molar-refractivity contribution is -0.112. The van der Waals surface area contributed by atoms with E-state index in [-0.39, 0.29) is 4.90 Å². The standard InChI is InChI=1S/C15H14O4S/c16-20(17)14-12-6-2-1-5-11(12)7-8-13(14)18-15(19-20)9-3-4-10-15/h1-2,5-8H,3-4,9-10H2. The van der Waals surface area contributed by atoms with Gasteiger partial charge in [-0.05, 0) is 24.3 Å². The molecule has 1 spiro atoms. The highest BCUT2D eigenvalue weighted by Gasteiger charge is 2.47. The molecule has 0 amide bonds. The number of rotatable bonds is 0. The third kappa shape index (κ3) is 1.66. The summed E-state index contributed by atoms with van der Waals surface area (Å²) in [6, 6.07) is 11.0. The van der Waals surface area contributed by atoms with Gasteiger partial charge in [-0.3, -0.25) is 0 Å². The van der Waals surface area contributed by atoms with Crippen molar-refractivity contribution in [1.82, 2.24) is 0 Å². The molecule has 0 saturated heterocycles. The van der Waals surface area contributed by atoms with E-state index >= 15 is 0 Å². The van der Waals surface area contributed by atoms with Gasteiger partial charge in [0.1, 0.15) is 10.6 Å². The fourth-order valence-corrected chi connectivity index (χ4v) is 4.61. The Balaban J connectivity index is 2.00. The molecule has 0 N–H and O–H groups in total. The highest BCUT2D eigenvalue weighted by molar-refractivity contribution is 7.87. The Morgan fingerprint density at radius 3 is 2.55 bits per heavy atom. The first-order valence-corrected chi connectivity index (χ1v) is 8.17. The molecule has 1 fully saturated rings. The Morgan fingerprint density at radius 1 is 1.00 bits per heavy atom. The minimum atomic E-state index is -3.79. The van der Waals surface area contributed by atoms with Crippen LogP contribution in [0.4, 0.5) is 0 Å². The predicted octanol–water partition coefficient (Wildman–Crippen LogP) is 3.21. The molecule has 1 heterocycles. The van der Waals surface area contributed by atoms with Gasteiger partial charge in [0.15, 0.2) is 0 Å². The molecule has 4 rings (SSSR count). The highest BCUT2D eigenvalue weighted by Crippen LogP contribution is 2.46. The van der Waals surface area contributed by atoms with Crippen LogP contribution in [0.25, 0.3) is 10.8 Å². The molecule has 0 bridgehead atoms. The summed E-state index contributed by atoms with van der Waals surface area (Å²) < 4.78 is 36.4. The van der Waals surface area contributed by atoms with Crippen LogP contribution in [0, 0.1) is 0 Å². The normalized spacial score (nSPS) is 22.6. The van der Waals surface area contributed by atoms with Crippen LogP contribution in [0.5, 0.6) is 5.75 Å². The third-order valence-corrected chi connectivity index (χ3v) is 5.46. The van der Waals surface area contributed by atoms with E-state index in [2.05, 4.69) is 0 Å². The number of hydrogen-bond acceptors (Lipinski definition) is 4. The summed E-state index contributed by atoms with van der Waals surface area (Å²) in [6.07, 6.45) is 3.11. The van der Waals surface area contributed by atoms with E-state index < -0.39 is 15.9 Å². The summed E-state index contributed by atoms with van der Waals surface area (Å²) in [5, 5.41) is 1.52. The maximum absolute atomic E-state index is 12.5. The van der Waals surface area contributed by atoms with Crippen molar-refractivity contribution >= 4 is 20.9 Å². The smallest absolute Gasteiger partial charge is 0.304 e. The summed E-state index contributed by atoms with van der Waals surface area (Å²) in [5.41, 5.74) is 0. The zero-order valence-electron chi connectivity index (χ0n) is 10.8. The fourth-order valence-electron chi connectivity index (χ4n) is 3.12. The van der Waals surface area contributed by atoms with Gasteiger partial charge in [-0.1, -0.05) is 30.3 Å². The van der Waals surface area contributed by atoms with E-state index in [4.69, 9.17) is 8.92 Å². The summed E-state index contributed by atoms with van der Waals surface area (Å²) in [6.45, 7) is 0. The second-order valence-electron chi connectivity index (χ2n) is 5.37. The summed E-state index contributed by atoms with van der Waals surface area (Å²) in [5.74, 6) is -0.564. The van der Waals surface area contributed by atoms with Crippen LogP contribution in [-0.2, 0) is 14.3 Å². The van der Waals surface area contributed by atoms with E-state index in [0.717, 1.165) is 18.2 Å². The molecule has 2 aliphatic rings. The Bertz CT molecular complexity index is 789. The Morgan fingerprint density at radius 2 is 1.75 bits per heavy atom. The van der Waals surface area contributed by atoms with Crippen molar-refractivity contribution in [2.45, 2.75) is 36.4 Å². The number of benzene rings is 2. The molecular formula is C15H14O4S. The maximum atomic E-state index is 12.5. The molecule has 2 aromatic rings. The van der Waals surface area contributed by atoms with Crippen LogP contribution < -0.4 is 4.74 Å². The largest absolute Gasteiger partial charge is 0.460 e. The van der Waals surface area contributed by atoms with Crippen LogP contribution in [0.15, 0.2) is 41.3 Å². The van der Waals surface area contributed by atoms with Gasteiger partial charge in [0.05, 0.1) is 0 Å². The fraction of sp³-hybridized carbons (Fsp3) is 0.333. The molecule has 2 aromatic carbocycles. The van der Waals surface area contributed by atoms with Gasteiger partial charge in [0.2, 0.25) is 5.79 Å². The number of hydrogen-bond donors (Lipinski definition) is 0. The Hall–Kier alpha value is -1.59. The molecule has 4 nitrogen and oxygen atoms in total. The Labute approximate surface area is 117 Å². The first-order valence-electron chi connectivity index (χ1n) is 6.76. The van der Waals surface area contributed by atoms with Crippen molar-refractivity contribution in [3.05, 3.63) is 36.4 Å². The van der Waals surface area contributed by atoms with E-state index in [1.807, 2.05) is 24.3 Å². The summed E-state index contributed by atoms with van der Waals surface area (Å²) in [4.78, 5) is 0.160. The highest BCUT2D eigenvalue weighted by atomic mass is 32.2. The maximum Gasteiger partial charge on any atom is 0.304 e. The SMILES string of the molecule is O=S1(=O)OC2(CCCC2)Oc2ccc3ccccc3c21. The lowest BCUT2D eigenvalue weighted by atomic mass is 10.1. The van der Waals surface area contributed by atoms with Crippen LogP contribution >= 0.6 is 0 Å². The average molecular weight is 290 g/mol. The van der Waals surface area contributed by atoms with Gasteiger partial charge >= 0.3 is 10.1 Å². The van der Waals surface area contributed by atoms with E-state index in [1.54, 1.807) is 12.1 Å².